The van der Waals surface area contributed by atoms with Crippen molar-refractivity contribution in [2.45, 2.75) is 0 Å². The second-order valence-corrected chi connectivity index (χ2v) is 3.33. The van der Waals surface area contributed by atoms with E-state index in [1.165, 1.54) is 12.1 Å². The van der Waals surface area contributed by atoms with E-state index >= 15 is 0 Å². The van der Waals surface area contributed by atoms with Crippen LogP contribution in [0.1, 0.15) is 10.4 Å². The predicted octanol–water partition coefficient (Wildman–Crippen LogP) is 0.566. The number of rotatable bonds is 3. The Morgan fingerprint density at radius 1 is 1.27 bits per heavy atom. The van der Waals surface area contributed by atoms with Gasteiger partial charge in [-0.15, -0.1) is 0 Å². The van der Waals surface area contributed by atoms with E-state index in [9.17, 15) is 13.2 Å². The van der Waals surface area contributed by atoms with Crippen molar-refractivity contribution in [1.29, 1.82) is 0 Å². The molecule has 0 aliphatic heterocycles. The van der Waals surface area contributed by atoms with E-state index in [2.05, 4.69) is 4.18 Å². The number of hydrogen-bond acceptors (Lipinski definition) is 4. The van der Waals surface area contributed by atoms with E-state index in [0.29, 0.717) is 0 Å². The first-order valence-corrected chi connectivity index (χ1v) is 4.76. The molecule has 0 fully saturated rings. The summed E-state index contributed by atoms with van der Waals surface area (Å²) in [6.07, 6.45) is 0. The normalized spacial score (nSPS) is 10.2. The third kappa shape index (κ3) is 4.76. The van der Waals surface area contributed by atoms with Crippen LogP contribution in [-0.4, -0.2) is 24.0 Å². The van der Waals surface area contributed by atoms with E-state index in [-0.39, 0.29) is 41.2 Å². The molecule has 8 heteroatoms. The molecular weight excluding hydrogens is 351 g/mol. The van der Waals surface area contributed by atoms with Gasteiger partial charge in [0.1, 0.15) is 5.56 Å². The van der Waals surface area contributed by atoms with Gasteiger partial charge >= 0.3 is 16.4 Å². The Morgan fingerprint density at radius 2 is 1.80 bits per heavy atom. The minimum absolute atomic E-state index is 0. The van der Waals surface area contributed by atoms with Crippen molar-refractivity contribution in [3.63, 3.8) is 0 Å². The molecule has 79 valence electrons. The number of carbonyl (C=O) groups is 1. The van der Waals surface area contributed by atoms with Crippen molar-refractivity contribution >= 4 is 16.4 Å². The van der Waals surface area contributed by atoms with Crippen LogP contribution in [0, 0.1) is 35.6 Å². The topological polar surface area (TPSA) is 101 Å². The minimum Gasteiger partial charge on any atom is -0.478 e. The van der Waals surface area contributed by atoms with Crippen LogP contribution in [0.15, 0.2) is 24.3 Å². The van der Waals surface area contributed by atoms with E-state index in [4.69, 9.17) is 9.66 Å². The molecule has 0 saturated carbocycles. The summed E-state index contributed by atoms with van der Waals surface area (Å²) in [5, 5.41) is 8.61. The molecule has 1 rings (SSSR count). The van der Waals surface area contributed by atoms with Crippen LogP contribution in [0.3, 0.4) is 0 Å². The number of carboxylic acid groups (broad SMARTS) is 1. The average molecular weight is 357 g/mol. The van der Waals surface area contributed by atoms with Crippen molar-refractivity contribution < 1.29 is 62.7 Å². The van der Waals surface area contributed by atoms with Gasteiger partial charge in [0.25, 0.3) is 0 Å². The van der Waals surface area contributed by atoms with Crippen molar-refractivity contribution in [1.82, 2.24) is 0 Å². The third-order valence-electron chi connectivity index (χ3n) is 1.31. The summed E-state index contributed by atoms with van der Waals surface area (Å²) in [7, 11) is -4.70. The smallest absolute Gasteiger partial charge is 0.446 e. The number of para-hydroxylation sites is 1. The van der Waals surface area contributed by atoms with Gasteiger partial charge in [-0.1, -0.05) is 12.1 Å². The first-order valence-electron chi connectivity index (χ1n) is 3.39. The van der Waals surface area contributed by atoms with E-state index in [1.807, 2.05) is 0 Å². The van der Waals surface area contributed by atoms with Crippen LogP contribution < -0.4 is 4.18 Å². The maximum absolute atomic E-state index is 10.6. The summed E-state index contributed by atoms with van der Waals surface area (Å²) >= 11 is 0. The van der Waals surface area contributed by atoms with Crippen LogP contribution in [0.2, 0.25) is 0 Å². The fourth-order valence-electron chi connectivity index (χ4n) is 0.829. The van der Waals surface area contributed by atoms with Gasteiger partial charge in [-0.05, 0) is 12.1 Å². The Hall–Kier alpha value is -0.405. The van der Waals surface area contributed by atoms with Crippen LogP contribution >= 0.6 is 0 Å². The van der Waals surface area contributed by atoms with E-state index < -0.39 is 22.1 Å². The molecular formula is C7H6LaO6S. The van der Waals surface area contributed by atoms with E-state index in [0.717, 1.165) is 12.1 Å². The summed E-state index contributed by atoms with van der Waals surface area (Å²) < 4.78 is 33.0. The molecule has 0 atom stereocenters. The van der Waals surface area contributed by atoms with Crippen molar-refractivity contribution in [3.05, 3.63) is 29.8 Å². The molecule has 1 aromatic rings. The Balaban J connectivity index is 0.00000196. The van der Waals surface area contributed by atoms with Gasteiger partial charge in [0.15, 0.2) is 5.75 Å². The molecule has 1 radical (unpaired) electrons. The second-order valence-electron chi connectivity index (χ2n) is 2.31. The average Bonchev–Trinajstić information content (AvgIpc) is 2.01. The maximum atomic E-state index is 10.6. The van der Waals surface area contributed by atoms with Gasteiger partial charge in [0.05, 0.1) is 0 Å². The SMILES string of the molecule is O=C(O)c1ccccc1OS(=O)(=O)O.[La]. The first-order chi connectivity index (χ1) is 6.40. The summed E-state index contributed by atoms with van der Waals surface area (Å²) in [6.45, 7) is 0. The number of hydrogen-bond donors (Lipinski definition) is 2. The van der Waals surface area contributed by atoms with Gasteiger partial charge in [-0.25, -0.2) is 4.79 Å². The Labute approximate surface area is 114 Å². The molecule has 6 nitrogen and oxygen atoms in total. The fraction of sp³-hybridized carbons (Fsp3) is 0. The molecule has 0 unspecified atom stereocenters. The van der Waals surface area contributed by atoms with Crippen LogP contribution in [-0.2, 0) is 10.4 Å². The molecule has 0 amide bonds. The van der Waals surface area contributed by atoms with Crippen molar-refractivity contribution in [3.8, 4) is 5.75 Å². The van der Waals surface area contributed by atoms with Crippen molar-refractivity contribution in [2.75, 3.05) is 0 Å². The Bertz CT molecular complexity index is 454. The third-order valence-corrected chi connectivity index (χ3v) is 1.70. The summed E-state index contributed by atoms with van der Waals surface area (Å²) in [5.74, 6) is -1.77. The molecule has 0 aliphatic carbocycles. The van der Waals surface area contributed by atoms with E-state index in [1.54, 1.807) is 0 Å². The van der Waals surface area contributed by atoms with Gasteiger partial charge in [-0.2, -0.15) is 8.42 Å². The van der Waals surface area contributed by atoms with Crippen LogP contribution in [0.25, 0.3) is 0 Å². The second kappa shape index (κ2) is 5.62. The van der Waals surface area contributed by atoms with Crippen molar-refractivity contribution in [2.24, 2.45) is 0 Å². The molecule has 2 N–H and O–H groups in total. The standard InChI is InChI=1S/C7H6O6S.La/c8-7(9)5-3-1-2-4-6(5)13-14(10,11)12;/h1-4H,(H,8,9)(H,10,11,12);. The Kier molecular flexibility index (Phi) is 5.46. The molecule has 0 bridgehead atoms. The van der Waals surface area contributed by atoms with Gasteiger partial charge in [0.2, 0.25) is 0 Å². The van der Waals surface area contributed by atoms with Gasteiger partial charge < -0.3 is 9.29 Å². The molecule has 0 saturated heterocycles. The number of benzene rings is 1. The zero-order valence-corrected chi connectivity index (χ0v) is 11.8. The molecule has 15 heavy (non-hydrogen) atoms. The molecule has 0 heterocycles. The summed E-state index contributed by atoms with van der Waals surface area (Å²) in [6, 6.07) is 5.06. The molecule has 0 aliphatic rings. The largest absolute Gasteiger partial charge is 0.478 e. The quantitative estimate of drug-likeness (QED) is 0.767. The Morgan fingerprint density at radius 3 is 2.27 bits per heavy atom. The molecule has 1 aromatic carbocycles. The fourth-order valence-corrected chi connectivity index (χ4v) is 1.20. The molecule has 0 aromatic heterocycles. The maximum Gasteiger partial charge on any atom is 0.446 e. The van der Waals surface area contributed by atoms with Crippen LogP contribution in [0.5, 0.6) is 5.75 Å². The zero-order chi connectivity index (χ0) is 10.8. The molecule has 0 spiro atoms. The van der Waals surface area contributed by atoms with Gasteiger partial charge in [-0.3, -0.25) is 4.55 Å². The first kappa shape index (κ1) is 14.6. The monoisotopic (exact) mass is 357 g/mol. The van der Waals surface area contributed by atoms with Crippen LogP contribution in [0.4, 0.5) is 0 Å². The zero-order valence-electron chi connectivity index (χ0n) is 7.32. The summed E-state index contributed by atoms with van der Waals surface area (Å²) in [5.41, 5.74) is -0.342. The number of carboxylic acids is 1. The predicted molar refractivity (Wildman–Crippen MR) is 45.6 cm³/mol. The minimum atomic E-state index is -4.70. The summed E-state index contributed by atoms with van der Waals surface area (Å²) in [4.78, 5) is 10.6. The van der Waals surface area contributed by atoms with Gasteiger partial charge in [0, 0.05) is 35.6 Å². The number of aromatic carboxylic acids is 1.